The highest BCUT2D eigenvalue weighted by Gasteiger charge is 2.31. The molecule has 5 heteroatoms. The number of fused-ring (bicyclic) bond motifs is 1. The Hall–Kier alpha value is -2.66. The standard InChI is InChI=1S/C21H25N3O2/c1-14(2)20(16-9-5-4-6-10-16)22-15(3)21(26)24-13-19(25)23-17-11-7-8-12-18(17)24/h4-12,14-15,20,22H,13H2,1-3H3,(H,23,25)/t15-,20+/m1/s1. The Morgan fingerprint density at radius 3 is 2.38 bits per heavy atom. The molecule has 2 aromatic carbocycles. The number of nitrogens with one attached hydrogen (secondary N) is 2. The maximum atomic E-state index is 13.1. The van der Waals surface area contributed by atoms with Gasteiger partial charge in [0, 0.05) is 6.04 Å². The molecule has 5 nitrogen and oxygen atoms in total. The number of hydrogen-bond donors (Lipinski definition) is 2. The lowest BCUT2D eigenvalue weighted by atomic mass is 9.95. The van der Waals surface area contributed by atoms with Crippen molar-refractivity contribution >= 4 is 23.2 Å². The minimum Gasteiger partial charge on any atom is -0.323 e. The van der Waals surface area contributed by atoms with Crippen molar-refractivity contribution in [1.82, 2.24) is 5.32 Å². The topological polar surface area (TPSA) is 61.4 Å². The van der Waals surface area contributed by atoms with E-state index in [0.717, 1.165) is 11.3 Å². The zero-order chi connectivity index (χ0) is 18.7. The number of carbonyl (C=O) groups is 2. The largest absolute Gasteiger partial charge is 0.323 e. The van der Waals surface area contributed by atoms with Gasteiger partial charge in [0.2, 0.25) is 11.8 Å². The van der Waals surface area contributed by atoms with E-state index in [1.807, 2.05) is 49.4 Å². The number of carbonyl (C=O) groups excluding carboxylic acids is 2. The summed E-state index contributed by atoms with van der Waals surface area (Å²) in [6.07, 6.45) is 0. The molecule has 2 N–H and O–H groups in total. The van der Waals surface area contributed by atoms with Crippen LogP contribution in [-0.2, 0) is 9.59 Å². The van der Waals surface area contributed by atoms with Crippen molar-refractivity contribution < 1.29 is 9.59 Å². The van der Waals surface area contributed by atoms with Crippen LogP contribution in [0.3, 0.4) is 0 Å². The maximum Gasteiger partial charge on any atom is 0.244 e. The van der Waals surface area contributed by atoms with E-state index in [1.54, 1.807) is 4.90 Å². The van der Waals surface area contributed by atoms with Crippen LogP contribution in [0.5, 0.6) is 0 Å². The Balaban J connectivity index is 1.80. The number of nitrogens with zero attached hydrogens (tertiary/aromatic N) is 1. The van der Waals surface area contributed by atoms with Crippen molar-refractivity contribution in [3.63, 3.8) is 0 Å². The van der Waals surface area contributed by atoms with Crippen LogP contribution >= 0.6 is 0 Å². The second-order valence-electron chi connectivity index (χ2n) is 7.01. The monoisotopic (exact) mass is 351 g/mol. The van der Waals surface area contributed by atoms with Crippen LogP contribution in [0.4, 0.5) is 11.4 Å². The molecule has 1 heterocycles. The molecule has 0 unspecified atom stereocenters. The summed E-state index contributed by atoms with van der Waals surface area (Å²) < 4.78 is 0. The van der Waals surface area contributed by atoms with Crippen molar-refractivity contribution in [2.24, 2.45) is 5.92 Å². The average Bonchev–Trinajstić information content (AvgIpc) is 2.65. The van der Waals surface area contributed by atoms with Crippen LogP contribution < -0.4 is 15.5 Å². The molecular formula is C21H25N3O2. The van der Waals surface area contributed by atoms with Crippen LogP contribution in [0.1, 0.15) is 32.4 Å². The van der Waals surface area contributed by atoms with E-state index in [9.17, 15) is 9.59 Å². The van der Waals surface area contributed by atoms with Crippen molar-refractivity contribution in [2.45, 2.75) is 32.9 Å². The highest BCUT2D eigenvalue weighted by Crippen LogP contribution is 2.30. The zero-order valence-electron chi connectivity index (χ0n) is 15.4. The van der Waals surface area contributed by atoms with Gasteiger partial charge in [-0.15, -0.1) is 0 Å². The second kappa shape index (κ2) is 7.70. The Bertz CT molecular complexity index is 789. The molecule has 2 amide bonds. The molecule has 0 saturated heterocycles. The summed E-state index contributed by atoms with van der Waals surface area (Å²) in [6, 6.07) is 17.2. The van der Waals surface area contributed by atoms with Crippen molar-refractivity contribution in [3.05, 3.63) is 60.2 Å². The van der Waals surface area contributed by atoms with E-state index in [-0.39, 0.29) is 24.4 Å². The lowest BCUT2D eigenvalue weighted by molar-refractivity contribution is -0.123. The van der Waals surface area contributed by atoms with E-state index >= 15 is 0 Å². The number of amides is 2. The molecule has 1 aliphatic heterocycles. The summed E-state index contributed by atoms with van der Waals surface area (Å²) in [7, 11) is 0. The molecule has 0 spiro atoms. The fraction of sp³-hybridized carbons (Fsp3) is 0.333. The third-order valence-electron chi connectivity index (χ3n) is 4.66. The number of hydrogen-bond acceptors (Lipinski definition) is 3. The van der Waals surface area contributed by atoms with Crippen LogP contribution in [-0.4, -0.2) is 24.4 Å². The third-order valence-corrected chi connectivity index (χ3v) is 4.66. The average molecular weight is 351 g/mol. The molecule has 0 saturated carbocycles. The molecule has 3 rings (SSSR count). The van der Waals surface area contributed by atoms with E-state index < -0.39 is 6.04 Å². The fourth-order valence-corrected chi connectivity index (χ4v) is 3.34. The van der Waals surface area contributed by atoms with E-state index in [0.29, 0.717) is 11.6 Å². The van der Waals surface area contributed by atoms with Gasteiger partial charge in [0.15, 0.2) is 0 Å². The third kappa shape index (κ3) is 3.78. The van der Waals surface area contributed by atoms with Gasteiger partial charge in [0.25, 0.3) is 0 Å². The highest BCUT2D eigenvalue weighted by atomic mass is 16.2. The summed E-state index contributed by atoms with van der Waals surface area (Å²) in [5, 5.41) is 6.27. The predicted octanol–water partition coefficient (Wildman–Crippen LogP) is 3.35. The zero-order valence-corrected chi connectivity index (χ0v) is 15.4. The van der Waals surface area contributed by atoms with Crippen molar-refractivity contribution in [1.29, 1.82) is 0 Å². The molecule has 1 aliphatic rings. The van der Waals surface area contributed by atoms with Gasteiger partial charge in [0.05, 0.1) is 17.4 Å². The summed E-state index contributed by atoms with van der Waals surface area (Å²) in [5.74, 6) is 0.0474. The molecule has 26 heavy (non-hydrogen) atoms. The number of rotatable bonds is 5. The Kier molecular flexibility index (Phi) is 5.38. The number of benzene rings is 2. The Labute approximate surface area is 154 Å². The van der Waals surface area contributed by atoms with Gasteiger partial charge in [-0.2, -0.15) is 0 Å². The first-order valence-corrected chi connectivity index (χ1v) is 8.98. The Morgan fingerprint density at radius 2 is 1.69 bits per heavy atom. The van der Waals surface area contributed by atoms with Gasteiger partial charge < -0.3 is 5.32 Å². The lowest BCUT2D eigenvalue weighted by Gasteiger charge is -2.33. The van der Waals surface area contributed by atoms with Gasteiger partial charge in [-0.1, -0.05) is 56.3 Å². The SMILES string of the molecule is CC(C)[C@H](N[C@H](C)C(=O)N1CC(=O)Nc2ccccc21)c1ccccc1. The van der Waals surface area contributed by atoms with Crippen molar-refractivity contribution in [2.75, 3.05) is 16.8 Å². The van der Waals surface area contributed by atoms with Gasteiger partial charge in [-0.25, -0.2) is 0 Å². The maximum absolute atomic E-state index is 13.1. The minimum absolute atomic E-state index is 0.0412. The smallest absolute Gasteiger partial charge is 0.244 e. The van der Waals surface area contributed by atoms with E-state index in [2.05, 4.69) is 36.6 Å². The summed E-state index contributed by atoms with van der Waals surface area (Å²) in [6.45, 7) is 6.16. The fourth-order valence-electron chi connectivity index (χ4n) is 3.34. The predicted molar refractivity (Wildman–Crippen MR) is 104 cm³/mol. The number of anilines is 2. The summed E-state index contributed by atoms with van der Waals surface area (Å²) in [4.78, 5) is 26.6. The van der Waals surface area contributed by atoms with E-state index in [4.69, 9.17) is 0 Å². The second-order valence-corrected chi connectivity index (χ2v) is 7.01. The summed E-state index contributed by atoms with van der Waals surface area (Å²) in [5.41, 5.74) is 2.57. The molecule has 0 aromatic heterocycles. The lowest BCUT2D eigenvalue weighted by Crippen LogP contribution is -2.51. The van der Waals surface area contributed by atoms with Gasteiger partial charge in [-0.3, -0.25) is 19.8 Å². The van der Waals surface area contributed by atoms with E-state index in [1.165, 1.54) is 0 Å². The van der Waals surface area contributed by atoms with Crippen LogP contribution in [0.25, 0.3) is 0 Å². The molecule has 0 radical (unpaired) electrons. The van der Waals surface area contributed by atoms with Gasteiger partial charge >= 0.3 is 0 Å². The molecule has 2 aromatic rings. The quantitative estimate of drug-likeness (QED) is 0.868. The molecule has 136 valence electrons. The van der Waals surface area contributed by atoms with Crippen LogP contribution in [0.2, 0.25) is 0 Å². The minimum atomic E-state index is -0.415. The Morgan fingerprint density at radius 1 is 1.04 bits per heavy atom. The first-order chi connectivity index (χ1) is 12.5. The van der Waals surface area contributed by atoms with Crippen LogP contribution in [0, 0.1) is 5.92 Å². The molecule has 0 aliphatic carbocycles. The normalized spacial score (nSPS) is 16.0. The van der Waals surface area contributed by atoms with Gasteiger partial charge in [0.1, 0.15) is 6.54 Å². The first kappa shape index (κ1) is 18.1. The highest BCUT2D eigenvalue weighted by molar-refractivity contribution is 6.11. The molecule has 0 fully saturated rings. The molecule has 2 atom stereocenters. The van der Waals surface area contributed by atoms with Gasteiger partial charge in [-0.05, 0) is 30.5 Å². The first-order valence-electron chi connectivity index (χ1n) is 8.98. The van der Waals surface area contributed by atoms with Crippen molar-refractivity contribution in [3.8, 4) is 0 Å². The summed E-state index contributed by atoms with van der Waals surface area (Å²) >= 11 is 0. The number of para-hydroxylation sites is 2. The molecular weight excluding hydrogens is 326 g/mol. The van der Waals surface area contributed by atoms with Crippen LogP contribution in [0.15, 0.2) is 54.6 Å². The molecule has 0 bridgehead atoms.